The Kier molecular flexibility index (Phi) is 7.68. The quantitative estimate of drug-likeness (QED) is 0.195. The van der Waals surface area contributed by atoms with Crippen LogP contribution in [-0.4, -0.2) is 11.8 Å². The largest absolute Gasteiger partial charge is 0.325 e. The van der Waals surface area contributed by atoms with E-state index < -0.39 is 5.25 Å². The van der Waals surface area contributed by atoms with Crippen LogP contribution in [0.5, 0.6) is 0 Å². The van der Waals surface area contributed by atoms with Gasteiger partial charge in [-0.3, -0.25) is 9.59 Å². The molecule has 0 heterocycles. The van der Waals surface area contributed by atoms with Crippen molar-refractivity contribution in [1.82, 2.24) is 0 Å². The molecule has 2 N–H and O–H groups in total. The number of amides is 2. The number of nitrogens with one attached hydrogen (secondary N) is 2. The highest BCUT2D eigenvalue weighted by molar-refractivity contribution is 9.10. The predicted molar refractivity (Wildman–Crippen MR) is 156 cm³/mol. The van der Waals surface area contributed by atoms with Crippen LogP contribution in [0.4, 0.5) is 11.4 Å². The third-order valence-electron chi connectivity index (χ3n) is 5.83. The second kappa shape index (κ2) is 11.5. The van der Waals surface area contributed by atoms with Gasteiger partial charge in [-0.2, -0.15) is 0 Å². The van der Waals surface area contributed by atoms with Gasteiger partial charge in [0.1, 0.15) is 5.25 Å². The lowest BCUT2D eigenvalue weighted by Crippen LogP contribution is -2.19. The molecule has 0 bridgehead atoms. The van der Waals surface area contributed by atoms with Crippen LogP contribution in [0.3, 0.4) is 0 Å². The second-order valence-electron chi connectivity index (χ2n) is 8.45. The number of thioether (sulfide) groups is 1. The number of carbonyl (C=O) groups excluding carboxylic acids is 2. The molecule has 1 atom stereocenters. The van der Waals surface area contributed by atoms with Crippen molar-refractivity contribution in [3.05, 3.63) is 137 Å². The Hall–Kier alpha value is -3.87. The molecule has 182 valence electrons. The lowest BCUT2D eigenvalue weighted by atomic mass is 10.1. The van der Waals surface area contributed by atoms with Crippen LogP contribution in [0, 0.1) is 0 Å². The Morgan fingerprint density at radius 3 is 2.00 bits per heavy atom. The topological polar surface area (TPSA) is 58.2 Å². The number of anilines is 2. The van der Waals surface area contributed by atoms with Crippen LogP contribution in [-0.2, 0) is 4.79 Å². The van der Waals surface area contributed by atoms with Gasteiger partial charge in [-0.15, -0.1) is 11.8 Å². The summed E-state index contributed by atoms with van der Waals surface area (Å²) in [5.41, 5.74) is 2.95. The number of hydrogen-bond acceptors (Lipinski definition) is 3. The van der Waals surface area contributed by atoms with Crippen molar-refractivity contribution in [2.75, 3.05) is 10.6 Å². The molecule has 1 unspecified atom stereocenters. The van der Waals surface area contributed by atoms with E-state index in [9.17, 15) is 9.59 Å². The van der Waals surface area contributed by atoms with Crippen LogP contribution in [0.15, 0.2) is 131 Å². The minimum Gasteiger partial charge on any atom is -0.325 e. The van der Waals surface area contributed by atoms with Gasteiger partial charge < -0.3 is 10.6 Å². The van der Waals surface area contributed by atoms with Crippen molar-refractivity contribution in [2.45, 2.75) is 10.1 Å². The van der Waals surface area contributed by atoms with Gasteiger partial charge in [0.2, 0.25) is 5.91 Å². The summed E-state index contributed by atoms with van der Waals surface area (Å²) in [5, 5.41) is 7.66. The summed E-state index contributed by atoms with van der Waals surface area (Å²) in [6, 6.07) is 38.4. The molecule has 6 heteroatoms. The molecule has 0 aliphatic heterocycles. The second-order valence-corrected chi connectivity index (χ2v) is 10.5. The Morgan fingerprint density at radius 1 is 0.649 bits per heavy atom. The fourth-order valence-electron chi connectivity index (χ4n) is 3.93. The zero-order chi connectivity index (χ0) is 25.6. The van der Waals surface area contributed by atoms with E-state index in [1.54, 1.807) is 0 Å². The van der Waals surface area contributed by atoms with Crippen molar-refractivity contribution in [3.63, 3.8) is 0 Å². The summed E-state index contributed by atoms with van der Waals surface area (Å²) in [6.45, 7) is 0. The fourth-order valence-corrected chi connectivity index (χ4v) is 5.22. The van der Waals surface area contributed by atoms with Crippen LogP contribution in [0.1, 0.15) is 21.2 Å². The third-order valence-corrected chi connectivity index (χ3v) is 7.62. The lowest BCUT2D eigenvalue weighted by molar-refractivity contribution is -0.115. The standard InChI is InChI=1S/C31H23BrN2O2S/c32-25-12-14-26(15-13-25)34-31(36)29(22-7-2-1-3-8-22)37-28-18-16-27(17-19-28)33-30(35)24-11-10-21-6-4-5-9-23(21)20-24/h1-20,29H,(H,33,35)(H,34,36). The maximum Gasteiger partial charge on any atom is 0.255 e. The van der Waals surface area contributed by atoms with Crippen LogP contribution in [0.25, 0.3) is 10.8 Å². The fraction of sp³-hybridized carbons (Fsp3) is 0.0323. The number of carbonyl (C=O) groups is 2. The van der Waals surface area contributed by atoms with Gasteiger partial charge in [-0.05, 0) is 77.0 Å². The zero-order valence-corrected chi connectivity index (χ0v) is 22.1. The van der Waals surface area contributed by atoms with E-state index in [1.165, 1.54) is 11.8 Å². The van der Waals surface area contributed by atoms with Gasteiger partial charge in [0.25, 0.3) is 5.91 Å². The summed E-state index contributed by atoms with van der Waals surface area (Å²) in [7, 11) is 0. The number of halogens is 1. The molecular formula is C31H23BrN2O2S. The van der Waals surface area contributed by atoms with E-state index in [4.69, 9.17) is 0 Å². The average molecular weight is 568 g/mol. The summed E-state index contributed by atoms with van der Waals surface area (Å²) in [4.78, 5) is 27.0. The summed E-state index contributed by atoms with van der Waals surface area (Å²) < 4.78 is 0.951. The van der Waals surface area contributed by atoms with Crippen molar-refractivity contribution in [3.8, 4) is 0 Å². The average Bonchev–Trinajstić information content (AvgIpc) is 2.94. The molecule has 4 nitrogen and oxygen atoms in total. The van der Waals surface area contributed by atoms with Gasteiger partial charge in [0.05, 0.1) is 0 Å². The number of benzene rings is 5. The van der Waals surface area contributed by atoms with Crippen LogP contribution < -0.4 is 10.6 Å². The molecule has 0 aromatic heterocycles. The Balaban J connectivity index is 1.29. The summed E-state index contributed by atoms with van der Waals surface area (Å²) >= 11 is 4.89. The third kappa shape index (κ3) is 6.28. The minimum atomic E-state index is -0.442. The molecule has 0 aliphatic rings. The monoisotopic (exact) mass is 566 g/mol. The maximum atomic E-state index is 13.3. The summed E-state index contributed by atoms with van der Waals surface area (Å²) in [6.07, 6.45) is 0. The van der Waals surface area contributed by atoms with Gasteiger partial charge >= 0.3 is 0 Å². The van der Waals surface area contributed by atoms with Crippen LogP contribution >= 0.6 is 27.7 Å². The van der Waals surface area contributed by atoms with E-state index in [2.05, 4.69) is 26.6 Å². The zero-order valence-electron chi connectivity index (χ0n) is 19.7. The van der Waals surface area contributed by atoms with Crippen LogP contribution in [0.2, 0.25) is 0 Å². The SMILES string of the molecule is O=C(Nc1ccc(SC(C(=O)Nc2ccc(Br)cc2)c2ccccc2)cc1)c1ccc2ccccc2c1. The van der Waals surface area contributed by atoms with Crippen molar-refractivity contribution in [1.29, 1.82) is 0 Å². The van der Waals surface area contributed by atoms with Crippen molar-refractivity contribution in [2.24, 2.45) is 0 Å². The van der Waals surface area contributed by atoms with Crippen molar-refractivity contribution < 1.29 is 9.59 Å². The first-order chi connectivity index (χ1) is 18.0. The molecule has 0 aliphatic carbocycles. The first kappa shape index (κ1) is 24.8. The van der Waals surface area contributed by atoms with E-state index >= 15 is 0 Å². The molecule has 0 saturated heterocycles. The summed E-state index contributed by atoms with van der Waals surface area (Å²) in [5.74, 6) is -0.269. The molecule has 2 amide bonds. The van der Waals surface area contributed by atoms with Gasteiger partial charge in [-0.25, -0.2) is 0 Å². The molecular weight excluding hydrogens is 544 g/mol. The normalized spacial score (nSPS) is 11.6. The number of rotatable bonds is 7. The number of hydrogen-bond donors (Lipinski definition) is 2. The Morgan fingerprint density at radius 2 is 1.27 bits per heavy atom. The number of fused-ring (bicyclic) bond motifs is 1. The van der Waals surface area contributed by atoms with Gasteiger partial charge in [0.15, 0.2) is 0 Å². The molecule has 5 rings (SSSR count). The van der Waals surface area contributed by atoms with Crippen molar-refractivity contribution >= 4 is 61.7 Å². The molecule has 0 radical (unpaired) electrons. The maximum absolute atomic E-state index is 13.3. The Labute approximate surface area is 228 Å². The minimum absolute atomic E-state index is 0.104. The lowest BCUT2D eigenvalue weighted by Gasteiger charge is -2.17. The Bertz CT molecular complexity index is 1540. The van der Waals surface area contributed by atoms with E-state index in [0.29, 0.717) is 11.3 Å². The first-order valence-corrected chi connectivity index (χ1v) is 13.4. The van der Waals surface area contributed by atoms with Gasteiger partial charge in [-0.1, -0.05) is 76.6 Å². The molecule has 5 aromatic rings. The highest BCUT2D eigenvalue weighted by Gasteiger charge is 2.22. The molecule has 5 aromatic carbocycles. The molecule has 0 saturated carbocycles. The highest BCUT2D eigenvalue weighted by atomic mass is 79.9. The molecule has 0 fully saturated rings. The van der Waals surface area contributed by atoms with E-state index in [-0.39, 0.29) is 11.8 Å². The molecule has 37 heavy (non-hydrogen) atoms. The predicted octanol–water partition coefficient (Wildman–Crippen LogP) is 8.33. The first-order valence-electron chi connectivity index (χ1n) is 11.7. The molecule has 0 spiro atoms. The van der Waals surface area contributed by atoms with E-state index in [0.717, 1.165) is 31.4 Å². The smallest absolute Gasteiger partial charge is 0.255 e. The van der Waals surface area contributed by atoms with Gasteiger partial charge in [0, 0.05) is 26.3 Å². The highest BCUT2D eigenvalue weighted by Crippen LogP contribution is 2.37. The van der Waals surface area contributed by atoms with E-state index in [1.807, 2.05) is 121 Å².